The minimum atomic E-state index is -1.04. The molecule has 2 aromatic carbocycles. The number of carbonyl (C=O) groups excluding carboxylic acids is 3. The van der Waals surface area contributed by atoms with Gasteiger partial charge in [-0.2, -0.15) is 0 Å². The lowest BCUT2D eigenvalue weighted by atomic mass is 10.1. The van der Waals surface area contributed by atoms with Gasteiger partial charge < -0.3 is 15.0 Å². The van der Waals surface area contributed by atoms with E-state index in [0.29, 0.717) is 16.9 Å². The van der Waals surface area contributed by atoms with Gasteiger partial charge in [-0.3, -0.25) is 19.3 Å². The Labute approximate surface area is 206 Å². The molecule has 9 heteroatoms. The molecule has 0 saturated carbocycles. The molecule has 0 bridgehead atoms. The number of anilines is 1. The summed E-state index contributed by atoms with van der Waals surface area (Å²) in [6.45, 7) is 5.16. The Morgan fingerprint density at radius 1 is 1.03 bits per heavy atom. The number of hydrogen-bond acceptors (Lipinski definition) is 5. The number of benzene rings is 2. The van der Waals surface area contributed by atoms with Gasteiger partial charge in [0.25, 0.3) is 11.1 Å². The van der Waals surface area contributed by atoms with Gasteiger partial charge in [0.2, 0.25) is 5.91 Å². The number of aromatic nitrogens is 1. The lowest BCUT2D eigenvalue weighted by molar-refractivity contribution is -0.127. The van der Waals surface area contributed by atoms with Crippen LogP contribution in [0.1, 0.15) is 32.9 Å². The zero-order valence-corrected chi connectivity index (χ0v) is 20.2. The Kier molecular flexibility index (Phi) is 6.61. The molecule has 0 spiro atoms. The molecule has 1 aliphatic rings. The summed E-state index contributed by atoms with van der Waals surface area (Å²) in [6, 6.07) is 15.7. The maximum Gasteiger partial charge on any atom is 0.337 e. The quantitative estimate of drug-likeness (QED) is 0.483. The van der Waals surface area contributed by atoms with Crippen molar-refractivity contribution in [2.24, 2.45) is 0 Å². The van der Waals surface area contributed by atoms with Gasteiger partial charge in [-0.25, -0.2) is 4.79 Å². The largest absolute Gasteiger partial charge is 0.478 e. The first kappa shape index (κ1) is 24.0. The number of carboxylic acid groups (broad SMARTS) is 1. The van der Waals surface area contributed by atoms with Crippen LogP contribution in [0.5, 0.6) is 0 Å². The van der Waals surface area contributed by atoms with E-state index in [1.165, 1.54) is 6.07 Å². The number of nitrogens with zero attached hydrogens (tertiary/aromatic N) is 2. The molecule has 178 valence electrons. The van der Waals surface area contributed by atoms with E-state index < -0.39 is 23.0 Å². The zero-order chi connectivity index (χ0) is 25.3. The number of hydrogen-bond donors (Lipinski definition) is 2. The number of imide groups is 1. The number of carboxylic acids is 1. The molecule has 1 aliphatic heterocycles. The van der Waals surface area contributed by atoms with Gasteiger partial charge in [0.15, 0.2) is 0 Å². The summed E-state index contributed by atoms with van der Waals surface area (Å²) in [6.07, 6.45) is 1.60. The fourth-order valence-electron chi connectivity index (χ4n) is 4.00. The van der Waals surface area contributed by atoms with Crippen molar-refractivity contribution in [3.63, 3.8) is 0 Å². The van der Waals surface area contributed by atoms with Crippen molar-refractivity contribution in [2.75, 3.05) is 11.9 Å². The Balaban J connectivity index is 1.57. The maximum absolute atomic E-state index is 12.9. The van der Waals surface area contributed by atoms with Crippen LogP contribution >= 0.6 is 11.8 Å². The van der Waals surface area contributed by atoms with Crippen LogP contribution in [0.25, 0.3) is 11.8 Å². The molecule has 1 aromatic heterocycles. The number of rotatable bonds is 6. The van der Waals surface area contributed by atoms with Gasteiger partial charge >= 0.3 is 5.97 Å². The summed E-state index contributed by atoms with van der Waals surface area (Å²) >= 11 is 0.770. The third kappa shape index (κ3) is 4.90. The topological polar surface area (TPSA) is 109 Å². The van der Waals surface area contributed by atoms with Crippen molar-refractivity contribution in [3.05, 3.63) is 87.6 Å². The first-order valence-electron chi connectivity index (χ1n) is 10.8. The molecule has 35 heavy (non-hydrogen) atoms. The minimum Gasteiger partial charge on any atom is -0.478 e. The number of aryl methyl sites for hydroxylation is 2. The van der Waals surface area contributed by atoms with Crippen LogP contribution in [-0.2, 0) is 9.59 Å². The van der Waals surface area contributed by atoms with Crippen molar-refractivity contribution in [2.45, 2.75) is 20.8 Å². The van der Waals surface area contributed by atoms with E-state index in [1.807, 2.05) is 32.9 Å². The van der Waals surface area contributed by atoms with Gasteiger partial charge in [0.1, 0.15) is 6.54 Å². The van der Waals surface area contributed by atoms with E-state index in [-0.39, 0.29) is 17.0 Å². The average molecular weight is 490 g/mol. The second kappa shape index (κ2) is 9.63. The minimum absolute atomic E-state index is 0.154. The Bertz CT molecular complexity index is 1410. The third-order valence-corrected chi connectivity index (χ3v) is 6.52. The standard InChI is InChI=1S/C26H23N3O5S/c1-15-7-6-8-19(11-15)27-23(30)14-28-24(31)22(35-26(28)34)13-18-12-16(2)29(17(18)3)21-10-5-4-9-20(21)25(32)33/h4-13H,14H2,1-3H3,(H,27,30)(H,32,33)/b22-13-. The Morgan fingerprint density at radius 3 is 2.49 bits per heavy atom. The summed E-state index contributed by atoms with van der Waals surface area (Å²) in [5.41, 5.74) is 4.40. The molecular formula is C26H23N3O5S. The third-order valence-electron chi connectivity index (χ3n) is 5.61. The first-order valence-corrected chi connectivity index (χ1v) is 11.6. The van der Waals surface area contributed by atoms with E-state index in [4.69, 9.17) is 0 Å². The van der Waals surface area contributed by atoms with Crippen LogP contribution in [0, 0.1) is 20.8 Å². The van der Waals surface area contributed by atoms with E-state index in [0.717, 1.165) is 33.6 Å². The van der Waals surface area contributed by atoms with Crippen LogP contribution in [0.15, 0.2) is 59.5 Å². The van der Waals surface area contributed by atoms with Crippen LogP contribution in [0.3, 0.4) is 0 Å². The summed E-state index contributed by atoms with van der Waals surface area (Å²) in [5, 5.41) is 11.7. The maximum atomic E-state index is 12.9. The van der Waals surface area contributed by atoms with Gasteiger partial charge in [0.05, 0.1) is 16.2 Å². The summed E-state index contributed by atoms with van der Waals surface area (Å²) < 4.78 is 1.80. The Hall–Kier alpha value is -4.11. The van der Waals surface area contributed by atoms with Gasteiger partial charge in [-0.1, -0.05) is 24.3 Å². The van der Waals surface area contributed by atoms with Crippen LogP contribution < -0.4 is 5.32 Å². The normalized spacial score (nSPS) is 14.6. The lowest BCUT2D eigenvalue weighted by Gasteiger charge is -2.13. The molecule has 2 N–H and O–H groups in total. The summed E-state index contributed by atoms with van der Waals surface area (Å²) in [7, 11) is 0. The fourth-order valence-corrected chi connectivity index (χ4v) is 4.83. The van der Waals surface area contributed by atoms with Crippen molar-refractivity contribution in [3.8, 4) is 5.69 Å². The lowest BCUT2D eigenvalue weighted by Crippen LogP contribution is -2.36. The molecule has 3 aromatic rings. The number of thioether (sulfide) groups is 1. The monoisotopic (exact) mass is 489 g/mol. The van der Waals surface area contributed by atoms with E-state index in [2.05, 4.69) is 5.32 Å². The number of carbonyl (C=O) groups is 4. The van der Waals surface area contributed by atoms with Crippen LogP contribution in [0.4, 0.5) is 10.5 Å². The molecule has 8 nitrogen and oxygen atoms in total. The van der Waals surface area contributed by atoms with Crippen LogP contribution in [0.2, 0.25) is 0 Å². The average Bonchev–Trinajstić information content (AvgIpc) is 3.22. The van der Waals surface area contributed by atoms with Gasteiger partial charge in [0, 0.05) is 17.1 Å². The predicted octanol–water partition coefficient (Wildman–Crippen LogP) is 4.78. The Morgan fingerprint density at radius 2 is 1.77 bits per heavy atom. The summed E-state index contributed by atoms with van der Waals surface area (Å²) in [4.78, 5) is 50.7. The number of amides is 3. The molecule has 4 rings (SSSR count). The molecule has 2 heterocycles. The molecule has 1 saturated heterocycles. The van der Waals surface area contributed by atoms with Gasteiger partial charge in [-0.05, 0) is 80.1 Å². The first-order chi connectivity index (χ1) is 16.7. The SMILES string of the molecule is Cc1cccc(NC(=O)CN2C(=O)S/C(=C\c3cc(C)n(-c4ccccc4C(=O)O)c3C)C2=O)c1. The van der Waals surface area contributed by atoms with Crippen LogP contribution in [-0.4, -0.2) is 44.1 Å². The molecule has 1 fully saturated rings. The number of nitrogens with one attached hydrogen (secondary N) is 1. The number of aromatic carboxylic acids is 1. The highest BCUT2D eigenvalue weighted by molar-refractivity contribution is 8.18. The molecule has 0 unspecified atom stereocenters. The fraction of sp³-hybridized carbons (Fsp3) is 0.154. The molecular weight excluding hydrogens is 466 g/mol. The molecule has 3 amide bonds. The molecule has 0 radical (unpaired) electrons. The second-order valence-corrected chi connectivity index (χ2v) is 9.16. The van der Waals surface area contributed by atoms with E-state index >= 15 is 0 Å². The highest BCUT2D eigenvalue weighted by Gasteiger charge is 2.36. The summed E-state index contributed by atoms with van der Waals surface area (Å²) in [5.74, 6) is -2.06. The van der Waals surface area contributed by atoms with Gasteiger partial charge in [-0.15, -0.1) is 0 Å². The zero-order valence-electron chi connectivity index (χ0n) is 19.4. The van der Waals surface area contributed by atoms with Crippen molar-refractivity contribution >= 4 is 46.5 Å². The number of para-hydroxylation sites is 1. The van der Waals surface area contributed by atoms with Crippen molar-refractivity contribution in [1.82, 2.24) is 9.47 Å². The van der Waals surface area contributed by atoms with Crippen molar-refractivity contribution in [1.29, 1.82) is 0 Å². The van der Waals surface area contributed by atoms with E-state index in [9.17, 15) is 24.3 Å². The molecule has 0 aliphatic carbocycles. The van der Waals surface area contributed by atoms with Crippen molar-refractivity contribution < 1.29 is 24.3 Å². The van der Waals surface area contributed by atoms with E-state index in [1.54, 1.807) is 47.0 Å². The predicted molar refractivity (Wildman–Crippen MR) is 135 cm³/mol. The smallest absolute Gasteiger partial charge is 0.337 e. The second-order valence-electron chi connectivity index (χ2n) is 8.17. The highest BCUT2D eigenvalue weighted by atomic mass is 32.2. The molecule has 0 atom stereocenters. The highest BCUT2D eigenvalue weighted by Crippen LogP contribution is 2.34.